The summed E-state index contributed by atoms with van der Waals surface area (Å²) < 4.78 is 26.5. The quantitative estimate of drug-likeness (QED) is 0.938. The van der Waals surface area contributed by atoms with Crippen LogP contribution in [0, 0.1) is 0 Å². The average molecular weight is 328 g/mol. The minimum Gasteiger partial charge on any atom is -0.319 e. The van der Waals surface area contributed by atoms with E-state index in [1.165, 1.54) is 24.3 Å². The van der Waals surface area contributed by atoms with Crippen LogP contribution in [0.2, 0.25) is 5.02 Å². The van der Waals surface area contributed by atoms with E-state index in [1.54, 1.807) is 6.92 Å². The molecule has 0 aliphatic heterocycles. The van der Waals surface area contributed by atoms with Gasteiger partial charge in [-0.25, -0.2) is 13.5 Å². The van der Waals surface area contributed by atoms with Crippen molar-refractivity contribution >= 4 is 23.2 Å². The van der Waals surface area contributed by atoms with Crippen molar-refractivity contribution in [1.82, 2.24) is 9.78 Å². The van der Waals surface area contributed by atoms with Gasteiger partial charge in [-0.05, 0) is 25.1 Å². The molecule has 1 heterocycles. The van der Waals surface area contributed by atoms with Crippen molar-refractivity contribution in [1.29, 1.82) is 0 Å². The van der Waals surface area contributed by atoms with Gasteiger partial charge in [0.1, 0.15) is 5.69 Å². The lowest BCUT2D eigenvalue weighted by molar-refractivity contribution is 0.101. The molecule has 0 atom stereocenters. The van der Waals surface area contributed by atoms with Gasteiger partial charge < -0.3 is 5.32 Å². The van der Waals surface area contributed by atoms with Crippen molar-refractivity contribution < 1.29 is 13.6 Å². The summed E-state index contributed by atoms with van der Waals surface area (Å²) in [5.41, 5.74) is -0.552. The standard InChI is InChI=1S/C14H12ClF2N3O2/c1-2-20-12(21)6-5-10(19-20)14(22)18-11-7-8(13(16)17)3-4-9(11)15/h3-7,13H,2H2,1H3,(H,18,22). The summed E-state index contributed by atoms with van der Waals surface area (Å²) in [6.45, 7) is 2.01. The lowest BCUT2D eigenvalue weighted by atomic mass is 10.2. The molecule has 1 aromatic heterocycles. The van der Waals surface area contributed by atoms with E-state index in [2.05, 4.69) is 10.4 Å². The number of aromatic nitrogens is 2. The maximum atomic E-state index is 12.7. The lowest BCUT2D eigenvalue weighted by Gasteiger charge is -2.09. The van der Waals surface area contributed by atoms with E-state index in [-0.39, 0.29) is 27.5 Å². The van der Waals surface area contributed by atoms with Gasteiger partial charge in [0.2, 0.25) is 0 Å². The van der Waals surface area contributed by atoms with Gasteiger partial charge in [-0.1, -0.05) is 17.7 Å². The molecule has 22 heavy (non-hydrogen) atoms. The summed E-state index contributed by atoms with van der Waals surface area (Å²) in [6, 6.07) is 6.02. The van der Waals surface area contributed by atoms with Crippen LogP contribution in [0.1, 0.15) is 29.4 Å². The number of anilines is 1. The number of benzene rings is 1. The number of carbonyl (C=O) groups excluding carboxylic acids is 1. The van der Waals surface area contributed by atoms with Gasteiger partial charge in [0.25, 0.3) is 17.9 Å². The van der Waals surface area contributed by atoms with Crippen LogP contribution in [0.5, 0.6) is 0 Å². The van der Waals surface area contributed by atoms with E-state index < -0.39 is 12.3 Å². The van der Waals surface area contributed by atoms with Gasteiger partial charge >= 0.3 is 0 Å². The van der Waals surface area contributed by atoms with Crippen LogP contribution in [0.3, 0.4) is 0 Å². The molecule has 2 rings (SSSR count). The molecule has 2 aromatic rings. The molecule has 0 radical (unpaired) electrons. The van der Waals surface area contributed by atoms with Crippen molar-refractivity contribution in [2.45, 2.75) is 19.9 Å². The predicted molar refractivity (Wildman–Crippen MR) is 78.5 cm³/mol. The third-order valence-corrected chi connectivity index (χ3v) is 3.22. The second-order valence-corrected chi connectivity index (χ2v) is 4.77. The number of aryl methyl sites for hydroxylation is 1. The zero-order valence-corrected chi connectivity index (χ0v) is 12.3. The summed E-state index contributed by atoms with van der Waals surface area (Å²) in [5, 5.41) is 6.41. The highest BCUT2D eigenvalue weighted by Gasteiger charge is 2.14. The first-order valence-electron chi connectivity index (χ1n) is 6.39. The number of hydrogen-bond donors (Lipinski definition) is 1. The van der Waals surface area contributed by atoms with E-state index in [0.717, 1.165) is 10.7 Å². The van der Waals surface area contributed by atoms with Gasteiger partial charge in [-0.2, -0.15) is 5.10 Å². The van der Waals surface area contributed by atoms with Crippen LogP contribution < -0.4 is 10.9 Å². The van der Waals surface area contributed by atoms with E-state index in [4.69, 9.17) is 11.6 Å². The van der Waals surface area contributed by atoms with E-state index >= 15 is 0 Å². The molecular formula is C14H12ClF2N3O2. The number of hydrogen-bond acceptors (Lipinski definition) is 3. The molecule has 116 valence electrons. The molecule has 1 aromatic carbocycles. The summed E-state index contributed by atoms with van der Waals surface area (Å²) in [4.78, 5) is 23.5. The van der Waals surface area contributed by atoms with Gasteiger partial charge in [0.15, 0.2) is 0 Å². The number of alkyl halides is 2. The fourth-order valence-corrected chi connectivity index (χ4v) is 1.92. The number of nitrogens with one attached hydrogen (secondary N) is 1. The summed E-state index contributed by atoms with van der Waals surface area (Å²) in [7, 11) is 0. The molecule has 5 nitrogen and oxygen atoms in total. The normalized spacial score (nSPS) is 10.8. The third-order valence-electron chi connectivity index (χ3n) is 2.89. The Morgan fingerprint density at radius 1 is 1.36 bits per heavy atom. The Balaban J connectivity index is 2.29. The van der Waals surface area contributed by atoms with Crippen molar-refractivity contribution in [2.24, 2.45) is 0 Å². The molecule has 0 saturated carbocycles. The summed E-state index contributed by atoms with van der Waals surface area (Å²) in [5.74, 6) is -0.643. The largest absolute Gasteiger partial charge is 0.319 e. The minimum atomic E-state index is -2.67. The van der Waals surface area contributed by atoms with Crippen LogP contribution in [-0.4, -0.2) is 15.7 Å². The molecule has 0 unspecified atom stereocenters. The summed E-state index contributed by atoms with van der Waals surface area (Å²) >= 11 is 5.88. The van der Waals surface area contributed by atoms with Gasteiger partial charge in [0, 0.05) is 18.2 Å². The zero-order chi connectivity index (χ0) is 16.3. The molecule has 0 spiro atoms. The van der Waals surface area contributed by atoms with Crippen molar-refractivity contribution in [2.75, 3.05) is 5.32 Å². The highest BCUT2D eigenvalue weighted by atomic mass is 35.5. The SMILES string of the molecule is CCn1nc(C(=O)Nc2cc(C(F)F)ccc2Cl)ccc1=O. The second-order valence-electron chi connectivity index (χ2n) is 4.37. The zero-order valence-electron chi connectivity index (χ0n) is 11.5. The maximum Gasteiger partial charge on any atom is 0.276 e. The van der Waals surface area contributed by atoms with E-state index in [1.807, 2.05) is 0 Å². The molecule has 0 bridgehead atoms. The smallest absolute Gasteiger partial charge is 0.276 e. The first kappa shape index (κ1) is 16.1. The second kappa shape index (κ2) is 6.65. The van der Waals surface area contributed by atoms with Crippen LogP contribution in [0.25, 0.3) is 0 Å². The Hall–Kier alpha value is -2.28. The Morgan fingerprint density at radius 2 is 2.09 bits per heavy atom. The van der Waals surface area contributed by atoms with E-state index in [0.29, 0.717) is 6.54 Å². The Labute approximate surface area is 129 Å². The fraction of sp³-hybridized carbons (Fsp3) is 0.214. The molecule has 0 aliphatic carbocycles. The molecule has 0 aliphatic rings. The first-order chi connectivity index (χ1) is 10.4. The first-order valence-corrected chi connectivity index (χ1v) is 6.77. The van der Waals surface area contributed by atoms with Crippen LogP contribution in [-0.2, 0) is 6.54 Å². The summed E-state index contributed by atoms with van der Waals surface area (Å²) in [6.07, 6.45) is -2.67. The highest BCUT2D eigenvalue weighted by molar-refractivity contribution is 6.33. The topological polar surface area (TPSA) is 64.0 Å². The molecule has 1 amide bonds. The van der Waals surface area contributed by atoms with Crippen molar-refractivity contribution in [3.05, 3.63) is 57.0 Å². The number of amides is 1. The lowest BCUT2D eigenvalue weighted by Crippen LogP contribution is -2.25. The Kier molecular flexibility index (Phi) is 4.87. The van der Waals surface area contributed by atoms with Crippen LogP contribution in [0.4, 0.5) is 14.5 Å². The molecule has 0 fully saturated rings. The van der Waals surface area contributed by atoms with Crippen molar-refractivity contribution in [3.63, 3.8) is 0 Å². The maximum absolute atomic E-state index is 12.7. The van der Waals surface area contributed by atoms with Crippen LogP contribution in [0.15, 0.2) is 35.1 Å². The number of halogens is 3. The average Bonchev–Trinajstić information content (AvgIpc) is 2.49. The van der Waals surface area contributed by atoms with E-state index in [9.17, 15) is 18.4 Å². The molecular weight excluding hydrogens is 316 g/mol. The van der Waals surface area contributed by atoms with Gasteiger partial charge in [-0.3, -0.25) is 9.59 Å². The monoisotopic (exact) mass is 327 g/mol. The number of carbonyl (C=O) groups is 1. The third kappa shape index (κ3) is 3.48. The Bertz CT molecular complexity index is 762. The number of rotatable bonds is 4. The predicted octanol–water partition coefficient (Wildman–Crippen LogP) is 3.11. The van der Waals surface area contributed by atoms with Gasteiger partial charge in [-0.15, -0.1) is 0 Å². The minimum absolute atomic E-state index is 0.0139. The fourth-order valence-electron chi connectivity index (χ4n) is 1.76. The molecule has 1 N–H and O–H groups in total. The number of nitrogens with zero attached hydrogens (tertiary/aromatic N) is 2. The molecule has 0 saturated heterocycles. The van der Waals surface area contributed by atoms with Crippen molar-refractivity contribution in [3.8, 4) is 0 Å². The van der Waals surface area contributed by atoms with Gasteiger partial charge in [0.05, 0.1) is 10.7 Å². The Morgan fingerprint density at radius 3 is 2.73 bits per heavy atom. The van der Waals surface area contributed by atoms with Crippen LogP contribution >= 0.6 is 11.6 Å². The molecule has 8 heteroatoms. The highest BCUT2D eigenvalue weighted by Crippen LogP contribution is 2.28.